The van der Waals surface area contributed by atoms with Crippen molar-refractivity contribution in [3.8, 4) is 11.5 Å². The Morgan fingerprint density at radius 1 is 0.939 bits per heavy atom. The Balaban J connectivity index is 1.50. The number of methoxy groups -OCH3 is 1. The summed E-state index contributed by atoms with van der Waals surface area (Å²) in [4.78, 5) is 12.7. The number of carbonyl (C=O) groups excluding carboxylic acids is 1. The summed E-state index contributed by atoms with van der Waals surface area (Å²) < 4.78 is 13.1. The molecule has 0 radical (unpaired) electrons. The van der Waals surface area contributed by atoms with Gasteiger partial charge in [0.2, 0.25) is 0 Å². The zero-order chi connectivity index (χ0) is 23.0. The van der Waals surface area contributed by atoms with Crippen molar-refractivity contribution in [2.45, 2.75) is 25.2 Å². The van der Waals surface area contributed by atoms with Crippen molar-refractivity contribution in [1.29, 1.82) is 0 Å². The van der Waals surface area contributed by atoms with Crippen LogP contribution in [0.2, 0.25) is 0 Å². The molecule has 1 aromatic heterocycles. The van der Waals surface area contributed by atoms with E-state index in [-0.39, 0.29) is 18.1 Å². The zero-order valence-electron chi connectivity index (χ0n) is 18.6. The molecule has 0 amide bonds. The van der Waals surface area contributed by atoms with Crippen LogP contribution < -0.4 is 9.47 Å². The van der Waals surface area contributed by atoms with E-state index in [4.69, 9.17) is 9.47 Å². The molecule has 4 aromatic rings. The molecule has 168 valence electrons. The first-order valence-corrected chi connectivity index (χ1v) is 11.6. The lowest BCUT2D eigenvalue weighted by atomic mass is 10.1. The molecule has 4 rings (SSSR count). The molecule has 1 heterocycles. The van der Waals surface area contributed by atoms with Crippen molar-refractivity contribution in [3.63, 3.8) is 0 Å². The van der Waals surface area contributed by atoms with Crippen LogP contribution in [0.3, 0.4) is 0 Å². The lowest BCUT2D eigenvalue weighted by molar-refractivity contribution is 0.102. The first-order chi connectivity index (χ1) is 16.1. The molecule has 3 aromatic carbocycles. The van der Waals surface area contributed by atoms with Crippen LogP contribution in [-0.4, -0.2) is 33.4 Å². The molecule has 0 saturated carbocycles. The van der Waals surface area contributed by atoms with Crippen LogP contribution in [0.4, 0.5) is 0 Å². The van der Waals surface area contributed by atoms with Crippen molar-refractivity contribution < 1.29 is 14.3 Å². The van der Waals surface area contributed by atoms with E-state index in [0.717, 1.165) is 22.6 Å². The number of nitrogens with zero attached hydrogens (tertiary/aromatic N) is 3. The fourth-order valence-corrected chi connectivity index (χ4v) is 4.15. The van der Waals surface area contributed by atoms with Crippen molar-refractivity contribution in [2.75, 3.05) is 12.9 Å². The molecular formula is C26H25N3O3S. The topological polar surface area (TPSA) is 66.2 Å². The molecule has 0 aliphatic rings. The molecule has 0 fully saturated rings. The molecule has 7 heteroatoms. The number of aromatic nitrogens is 3. The van der Waals surface area contributed by atoms with Gasteiger partial charge in [0.1, 0.15) is 18.1 Å². The monoisotopic (exact) mass is 459 g/mol. The third-order valence-electron chi connectivity index (χ3n) is 5.08. The van der Waals surface area contributed by atoms with Gasteiger partial charge < -0.3 is 9.47 Å². The Morgan fingerprint density at radius 3 is 2.45 bits per heavy atom. The number of ketones is 1. The van der Waals surface area contributed by atoms with E-state index in [0.29, 0.717) is 23.1 Å². The summed E-state index contributed by atoms with van der Waals surface area (Å²) in [6.45, 7) is 2.91. The molecule has 0 bridgehead atoms. The lowest BCUT2D eigenvalue weighted by Crippen LogP contribution is -2.10. The van der Waals surface area contributed by atoms with Gasteiger partial charge in [-0.15, -0.1) is 10.2 Å². The molecule has 0 N–H and O–H groups in total. The van der Waals surface area contributed by atoms with Crippen LogP contribution in [-0.2, 0) is 13.2 Å². The number of benzene rings is 3. The number of hydrogen-bond acceptors (Lipinski definition) is 6. The number of hydrogen-bond donors (Lipinski definition) is 0. The van der Waals surface area contributed by atoms with Gasteiger partial charge in [0, 0.05) is 5.56 Å². The first-order valence-electron chi connectivity index (χ1n) is 10.6. The molecule has 6 nitrogen and oxygen atoms in total. The van der Waals surface area contributed by atoms with Gasteiger partial charge in [-0.05, 0) is 54.4 Å². The summed E-state index contributed by atoms with van der Waals surface area (Å²) in [7, 11) is 1.60. The molecule has 0 aliphatic heterocycles. The predicted octanol–water partition coefficient (Wildman–Crippen LogP) is 5.20. The molecule has 0 atom stereocenters. The maximum atomic E-state index is 12.7. The van der Waals surface area contributed by atoms with Crippen LogP contribution in [0.25, 0.3) is 0 Å². The second kappa shape index (κ2) is 10.8. The number of rotatable bonds is 10. The quantitative estimate of drug-likeness (QED) is 0.240. The highest BCUT2D eigenvalue weighted by atomic mass is 32.2. The molecular weight excluding hydrogens is 434 g/mol. The number of thioether (sulfide) groups is 1. The summed E-state index contributed by atoms with van der Waals surface area (Å²) in [5, 5.41) is 9.41. The van der Waals surface area contributed by atoms with Crippen molar-refractivity contribution in [3.05, 3.63) is 101 Å². The summed E-state index contributed by atoms with van der Waals surface area (Å²) in [6.07, 6.45) is 0. The van der Waals surface area contributed by atoms with Gasteiger partial charge in [-0.25, -0.2) is 0 Å². The van der Waals surface area contributed by atoms with Gasteiger partial charge in [0.05, 0.1) is 19.4 Å². The Hall–Kier alpha value is -3.58. The first kappa shape index (κ1) is 22.6. The maximum absolute atomic E-state index is 12.7. The van der Waals surface area contributed by atoms with Gasteiger partial charge in [-0.2, -0.15) is 0 Å². The Labute approximate surface area is 197 Å². The highest BCUT2D eigenvalue weighted by Crippen LogP contribution is 2.22. The van der Waals surface area contributed by atoms with Gasteiger partial charge in [0.25, 0.3) is 0 Å². The van der Waals surface area contributed by atoms with Crippen LogP contribution in [0.1, 0.15) is 27.3 Å². The predicted molar refractivity (Wildman–Crippen MR) is 129 cm³/mol. The van der Waals surface area contributed by atoms with Crippen LogP contribution in [0.5, 0.6) is 11.5 Å². The smallest absolute Gasteiger partial charge is 0.192 e. The van der Waals surface area contributed by atoms with E-state index in [1.807, 2.05) is 54.0 Å². The van der Waals surface area contributed by atoms with Crippen molar-refractivity contribution in [1.82, 2.24) is 14.8 Å². The summed E-state index contributed by atoms with van der Waals surface area (Å²) >= 11 is 1.38. The molecule has 0 unspecified atom stereocenters. The average Bonchev–Trinajstić information content (AvgIpc) is 3.23. The molecule has 0 saturated heterocycles. The van der Waals surface area contributed by atoms with Crippen LogP contribution in [0, 0.1) is 6.92 Å². The van der Waals surface area contributed by atoms with E-state index in [2.05, 4.69) is 22.3 Å². The number of ether oxygens (including phenoxy) is 2. The van der Waals surface area contributed by atoms with E-state index >= 15 is 0 Å². The highest BCUT2D eigenvalue weighted by molar-refractivity contribution is 7.99. The summed E-state index contributed by atoms with van der Waals surface area (Å²) in [5.74, 6) is 2.50. The van der Waals surface area contributed by atoms with Crippen molar-refractivity contribution >= 4 is 17.5 Å². The van der Waals surface area contributed by atoms with Crippen LogP contribution in [0.15, 0.2) is 84.0 Å². The van der Waals surface area contributed by atoms with E-state index < -0.39 is 0 Å². The minimum absolute atomic E-state index is 0.0227. The normalized spacial score (nSPS) is 10.7. The van der Waals surface area contributed by atoms with Gasteiger partial charge in [-0.3, -0.25) is 9.36 Å². The minimum atomic E-state index is 0.0227. The highest BCUT2D eigenvalue weighted by Gasteiger charge is 2.16. The Bertz CT molecular complexity index is 1210. The van der Waals surface area contributed by atoms with Gasteiger partial charge >= 0.3 is 0 Å². The largest absolute Gasteiger partial charge is 0.497 e. The minimum Gasteiger partial charge on any atom is -0.497 e. The molecule has 33 heavy (non-hydrogen) atoms. The Kier molecular flexibility index (Phi) is 7.42. The fourth-order valence-electron chi connectivity index (χ4n) is 3.30. The third kappa shape index (κ3) is 6.02. The lowest BCUT2D eigenvalue weighted by Gasteiger charge is -2.11. The van der Waals surface area contributed by atoms with Gasteiger partial charge in [-0.1, -0.05) is 54.2 Å². The van der Waals surface area contributed by atoms with Gasteiger partial charge in [0.15, 0.2) is 16.8 Å². The van der Waals surface area contributed by atoms with Crippen molar-refractivity contribution in [2.24, 2.45) is 0 Å². The number of Topliss-reactive ketones (excluding diaryl/α,β-unsaturated/α-hetero) is 1. The van der Waals surface area contributed by atoms with E-state index in [1.165, 1.54) is 11.8 Å². The number of aryl methyl sites for hydroxylation is 1. The SMILES string of the molecule is COc1ccc(C(=O)CSc2nnc(COc3cccc(C)c3)n2Cc2ccccc2)cc1. The van der Waals surface area contributed by atoms with E-state index in [1.54, 1.807) is 31.4 Å². The summed E-state index contributed by atoms with van der Waals surface area (Å²) in [5.41, 5.74) is 2.89. The second-order valence-corrected chi connectivity index (χ2v) is 8.46. The fraction of sp³-hybridized carbons (Fsp3) is 0.192. The maximum Gasteiger partial charge on any atom is 0.192 e. The Morgan fingerprint density at radius 2 is 1.73 bits per heavy atom. The third-order valence-corrected chi connectivity index (χ3v) is 6.05. The molecule has 0 spiro atoms. The average molecular weight is 460 g/mol. The van der Waals surface area contributed by atoms with E-state index in [9.17, 15) is 4.79 Å². The standard InChI is InChI=1S/C26H25N3O3S/c1-19-7-6-10-23(15-19)32-17-25-27-28-26(29(25)16-20-8-4-3-5-9-20)33-18-24(30)21-11-13-22(31-2)14-12-21/h3-15H,16-18H2,1-2H3. The molecule has 0 aliphatic carbocycles. The number of carbonyl (C=O) groups is 1. The van der Waals surface area contributed by atoms with Crippen LogP contribution >= 0.6 is 11.8 Å². The summed E-state index contributed by atoms with van der Waals surface area (Å²) in [6, 6.07) is 25.1. The second-order valence-electron chi connectivity index (χ2n) is 7.52. The zero-order valence-corrected chi connectivity index (χ0v) is 19.4.